The first-order valence-corrected chi connectivity index (χ1v) is 22.9. The first-order chi connectivity index (χ1) is 31.7. The van der Waals surface area contributed by atoms with Gasteiger partial charge in [-0.1, -0.05) is 90.1 Å². The number of ketones is 2. The lowest BCUT2D eigenvalue weighted by atomic mass is 9.87. The molecule has 4 aromatic rings. The monoisotopic (exact) mass is 928 g/mol. The number of nitrogens with one attached hydrogen (secondary N) is 1. The number of piperidine rings is 2. The van der Waals surface area contributed by atoms with Gasteiger partial charge in [-0.25, -0.2) is 18.4 Å². The molecule has 2 aliphatic rings. The van der Waals surface area contributed by atoms with E-state index in [0.29, 0.717) is 37.4 Å². The molecule has 6 rings (SSSR count). The minimum absolute atomic E-state index is 0.00227. The van der Waals surface area contributed by atoms with E-state index in [0.717, 1.165) is 61.4 Å². The molecule has 2 aliphatic heterocycles. The van der Waals surface area contributed by atoms with Crippen molar-refractivity contribution in [1.82, 2.24) is 15.1 Å². The van der Waals surface area contributed by atoms with Crippen LogP contribution in [0, 0.1) is 11.6 Å². The van der Waals surface area contributed by atoms with E-state index >= 15 is 4.39 Å². The third-order valence-electron chi connectivity index (χ3n) is 12.0. The Kier molecular flexibility index (Phi) is 17.9. The Morgan fingerprint density at radius 1 is 0.582 bits per heavy atom. The summed E-state index contributed by atoms with van der Waals surface area (Å²) < 4.78 is 54.5. The zero-order valence-electron chi connectivity index (χ0n) is 39.5. The van der Waals surface area contributed by atoms with Crippen LogP contribution >= 0.6 is 0 Å². The quantitative estimate of drug-likeness (QED) is 0.107. The van der Waals surface area contributed by atoms with Crippen molar-refractivity contribution < 1.29 is 41.5 Å². The lowest BCUT2D eigenvalue weighted by molar-refractivity contribution is -0.131. The number of halogens is 4. The van der Waals surface area contributed by atoms with Crippen LogP contribution in [0.15, 0.2) is 84.9 Å². The van der Waals surface area contributed by atoms with Gasteiger partial charge in [-0.15, -0.1) is 0 Å². The van der Waals surface area contributed by atoms with Gasteiger partial charge in [0.2, 0.25) is 0 Å². The number of anilines is 2. The standard InChI is InChI=1S/C27H32F3N3O3.C25H32FN3O2/c1-27(2,3)20-9-11-21(12-10-20)33(26(36)32-13-5-4-6-14-32)17-19-8-7-18(15-22(19)28)23(34)16-31-25(35)24(29)30;1-25(2,3)20-9-11-21(12-10-20)29(24(31)28-13-5-4-6-14-28)17-19-8-7-18(15-22(19)26)23(30)16-27/h7-12,15,24H,4-6,13-14,16-17H2,1-3H3,(H,31,35);7-12,15H,4-6,13-14,16-17,27H2,1-3H3. The van der Waals surface area contributed by atoms with Gasteiger partial charge in [-0.05, 0) is 96.9 Å². The molecule has 360 valence electrons. The van der Waals surface area contributed by atoms with Crippen LogP contribution in [0.1, 0.15) is 123 Å². The van der Waals surface area contributed by atoms with E-state index in [1.165, 1.54) is 23.1 Å². The number of nitrogens with two attached hydrogens (primary N) is 1. The van der Waals surface area contributed by atoms with Crippen LogP contribution in [0.4, 0.5) is 38.5 Å². The smallest absolute Gasteiger partial charge is 0.324 e. The number of hydrogen-bond donors (Lipinski definition) is 2. The number of alkyl halides is 2. The molecule has 67 heavy (non-hydrogen) atoms. The zero-order valence-corrected chi connectivity index (χ0v) is 39.5. The maximum atomic E-state index is 15.0. The van der Waals surface area contributed by atoms with Crippen LogP contribution in [0.3, 0.4) is 0 Å². The molecule has 0 aromatic heterocycles. The highest BCUT2D eigenvalue weighted by Crippen LogP contribution is 2.30. The fourth-order valence-electron chi connectivity index (χ4n) is 7.84. The molecular formula is C52H64F4N6O5. The zero-order chi connectivity index (χ0) is 49.1. The van der Waals surface area contributed by atoms with Crippen LogP contribution in [-0.4, -0.2) is 85.0 Å². The Labute approximate surface area is 391 Å². The van der Waals surface area contributed by atoms with Crippen molar-refractivity contribution in [3.63, 3.8) is 0 Å². The van der Waals surface area contributed by atoms with E-state index in [1.807, 2.05) is 58.7 Å². The van der Waals surface area contributed by atoms with Crippen molar-refractivity contribution in [3.05, 3.63) is 130 Å². The Bertz CT molecular complexity index is 2350. The van der Waals surface area contributed by atoms with E-state index in [9.17, 15) is 37.1 Å². The largest absolute Gasteiger partial charge is 0.344 e. The fraction of sp³-hybridized carbons (Fsp3) is 0.442. The third kappa shape index (κ3) is 14.2. The lowest BCUT2D eigenvalue weighted by Gasteiger charge is -2.33. The Hall–Kier alpha value is -6.09. The van der Waals surface area contributed by atoms with E-state index in [-0.39, 0.29) is 65.0 Å². The summed E-state index contributed by atoms with van der Waals surface area (Å²) in [6.07, 6.45) is 2.73. The molecule has 0 aliphatic carbocycles. The lowest BCUT2D eigenvalue weighted by Crippen LogP contribution is -2.45. The molecule has 2 heterocycles. The van der Waals surface area contributed by atoms with E-state index in [2.05, 4.69) is 41.5 Å². The number of rotatable bonds is 12. The average molecular weight is 929 g/mol. The Morgan fingerprint density at radius 2 is 0.955 bits per heavy atom. The molecule has 3 N–H and O–H groups in total. The van der Waals surface area contributed by atoms with Crippen molar-refractivity contribution in [2.75, 3.05) is 49.1 Å². The van der Waals surface area contributed by atoms with Crippen molar-refractivity contribution in [3.8, 4) is 0 Å². The molecule has 0 radical (unpaired) electrons. The molecule has 11 nitrogen and oxygen atoms in total. The summed E-state index contributed by atoms with van der Waals surface area (Å²) in [5.74, 6) is -3.80. The first kappa shape index (κ1) is 51.9. The summed E-state index contributed by atoms with van der Waals surface area (Å²) >= 11 is 0. The summed E-state index contributed by atoms with van der Waals surface area (Å²) in [6.45, 7) is 14.6. The Morgan fingerprint density at radius 3 is 1.28 bits per heavy atom. The third-order valence-corrected chi connectivity index (χ3v) is 12.0. The molecule has 2 saturated heterocycles. The number of hydrogen-bond acceptors (Lipinski definition) is 6. The van der Waals surface area contributed by atoms with Crippen LogP contribution < -0.4 is 20.9 Å². The molecule has 0 saturated carbocycles. The van der Waals surface area contributed by atoms with Gasteiger partial charge in [-0.3, -0.25) is 24.2 Å². The van der Waals surface area contributed by atoms with E-state index < -0.39 is 36.3 Å². The van der Waals surface area contributed by atoms with Crippen LogP contribution in [-0.2, 0) is 28.7 Å². The van der Waals surface area contributed by atoms with Gasteiger partial charge in [0.25, 0.3) is 5.91 Å². The SMILES string of the molecule is CC(C)(C)c1ccc(N(Cc2ccc(C(=O)CN)cc2F)C(=O)N2CCCCC2)cc1.CC(C)(C)c1ccc(N(Cc2ccc(C(=O)CNC(=O)C(F)F)cc2F)C(=O)N2CCCCC2)cc1. The minimum atomic E-state index is -3.24. The molecule has 0 atom stereocenters. The number of carbonyl (C=O) groups is 5. The number of urea groups is 2. The summed E-state index contributed by atoms with van der Waals surface area (Å²) in [6, 6.07) is 23.3. The highest BCUT2D eigenvalue weighted by atomic mass is 19.3. The molecule has 0 bridgehead atoms. The number of amides is 5. The number of benzene rings is 4. The van der Waals surface area contributed by atoms with Crippen LogP contribution in [0.5, 0.6) is 0 Å². The van der Waals surface area contributed by atoms with Gasteiger partial charge in [0, 0.05) is 59.8 Å². The predicted molar refractivity (Wildman–Crippen MR) is 254 cm³/mol. The maximum absolute atomic E-state index is 15.0. The normalized spacial score (nSPS) is 14.2. The number of likely N-dealkylation sites (tertiary alicyclic amines) is 2. The fourth-order valence-corrected chi connectivity index (χ4v) is 7.84. The molecular weight excluding hydrogens is 865 g/mol. The van der Waals surface area contributed by atoms with Crippen LogP contribution in [0.2, 0.25) is 0 Å². The average Bonchev–Trinajstić information content (AvgIpc) is 3.32. The van der Waals surface area contributed by atoms with Gasteiger partial charge in [-0.2, -0.15) is 8.78 Å². The number of carbonyl (C=O) groups excluding carboxylic acids is 5. The van der Waals surface area contributed by atoms with E-state index in [4.69, 9.17) is 5.73 Å². The minimum Gasteiger partial charge on any atom is -0.344 e. The van der Waals surface area contributed by atoms with Gasteiger partial charge in [0.15, 0.2) is 11.6 Å². The van der Waals surface area contributed by atoms with E-state index in [1.54, 1.807) is 21.9 Å². The second-order valence-corrected chi connectivity index (χ2v) is 19.1. The first-order valence-electron chi connectivity index (χ1n) is 22.9. The highest BCUT2D eigenvalue weighted by Gasteiger charge is 2.28. The molecule has 15 heteroatoms. The van der Waals surface area contributed by atoms with Crippen LogP contribution in [0.25, 0.3) is 0 Å². The number of Topliss-reactive ketones (excluding diaryl/α,β-unsaturated/α-hetero) is 2. The topological polar surface area (TPSA) is 136 Å². The summed E-state index contributed by atoms with van der Waals surface area (Å²) in [5.41, 5.74) is 9.68. The van der Waals surface area contributed by atoms with Gasteiger partial charge in [0.05, 0.1) is 26.2 Å². The van der Waals surface area contributed by atoms with Crippen molar-refractivity contribution >= 4 is 40.9 Å². The van der Waals surface area contributed by atoms with Crippen molar-refractivity contribution in [2.45, 2.75) is 110 Å². The number of nitrogens with zero attached hydrogens (tertiary/aromatic N) is 4. The second kappa shape index (κ2) is 23.1. The summed E-state index contributed by atoms with van der Waals surface area (Å²) in [4.78, 5) is 68.6. The summed E-state index contributed by atoms with van der Waals surface area (Å²) in [5, 5.41) is 1.82. The van der Waals surface area contributed by atoms with Gasteiger partial charge >= 0.3 is 18.5 Å². The Balaban J connectivity index is 0.000000254. The van der Waals surface area contributed by atoms with Gasteiger partial charge < -0.3 is 20.9 Å². The van der Waals surface area contributed by atoms with Gasteiger partial charge in [0.1, 0.15) is 11.6 Å². The second-order valence-electron chi connectivity index (χ2n) is 19.1. The van der Waals surface area contributed by atoms with Crippen molar-refractivity contribution in [1.29, 1.82) is 0 Å². The molecule has 0 spiro atoms. The summed E-state index contributed by atoms with van der Waals surface area (Å²) in [7, 11) is 0. The molecule has 0 unspecified atom stereocenters. The molecule has 2 fully saturated rings. The predicted octanol–water partition coefficient (Wildman–Crippen LogP) is 10.2. The highest BCUT2D eigenvalue weighted by molar-refractivity contribution is 6.00. The van der Waals surface area contributed by atoms with Crippen molar-refractivity contribution in [2.24, 2.45) is 5.73 Å². The molecule has 5 amide bonds. The molecule has 4 aromatic carbocycles. The maximum Gasteiger partial charge on any atom is 0.324 e.